The van der Waals surface area contributed by atoms with Gasteiger partial charge in [0.15, 0.2) is 0 Å². The van der Waals surface area contributed by atoms with Gasteiger partial charge in [0.05, 0.1) is 12.2 Å². The van der Waals surface area contributed by atoms with E-state index < -0.39 is 0 Å². The number of likely N-dealkylation sites (tertiary alicyclic amines) is 1. The molecule has 7 heteroatoms. The summed E-state index contributed by atoms with van der Waals surface area (Å²) in [6.07, 6.45) is 9.52. The monoisotopic (exact) mass is 334 g/mol. The Labute approximate surface area is 145 Å². The summed E-state index contributed by atoms with van der Waals surface area (Å²) >= 11 is 0. The van der Waals surface area contributed by atoms with E-state index >= 15 is 0 Å². The van der Waals surface area contributed by atoms with Crippen molar-refractivity contribution < 1.29 is 4.79 Å². The summed E-state index contributed by atoms with van der Waals surface area (Å²) < 4.78 is 1.93. The molecule has 1 amide bonds. The topological polar surface area (TPSA) is 75.9 Å². The van der Waals surface area contributed by atoms with E-state index in [1.165, 1.54) is 0 Å². The predicted molar refractivity (Wildman–Crippen MR) is 93.5 cm³/mol. The minimum absolute atomic E-state index is 0.0393. The number of carbonyl (C=O) groups is 1. The lowest BCUT2D eigenvalue weighted by molar-refractivity contribution is 0.0787. The minimum atomic E-state index is 0.0393. The van der Waals surface area contributed by atoms with Gasteiger partial charge in [-0.05, 0) is 30.7 Å². The first-order valence-corrected chi connectivity index (χ1v) is 8.21. The maximum absolute atomic E-state index is 12.8. The van der Waals surface area contributed by atoms with Gasteiger partial charge in [-0.3, -0.25) is 14.5 Å². The first-order chi connectivity index (χ1) is 12.3. The normalized spacial score (nSPS) is 16.8. The van der Waals surface area contributed by atoms with Crippen LogP contribution < -0.4 is 5.32 Å². The van der Waals surface area contributed by atoms with Gasteiger partial charge in [0.25, 0.3) is 5.91 Å². The molecule has 1 aliphatic heterocycles. The van der Waals surface area contributed by atoms with E-state index in [1.807, 2.05) is 46.1 Å². The van der Waals surface area contributed by atoms with E-state index in [9.17, 15) is 4.79 Å². The number of anilines is 2. The molecule has 25 heavy (non-hydrogen) atoms. The highest BCUT2D eigenvalue weighted by Gasteiger charge is 2.28. The molecule has 126 valence electrons. The Morgan fingerprint density at radius 1 is 1.20 bits per heavy atom. The van der Waals surface area contributed by atoms with Crippen LogP contribution >= 0.6 is 0 Å². The van der Waals surface area contributed by atoms with Gasteiger partial charge in [-0.1, -0.05) is 6.07 Å². The van der Waals surface area contributed by atoms with Gasteiger partial charge in [-0.15, -0.1) is 0 Å². The number of aromatic nitrogens is 4. The molecule has 1 fully saturated rings. The molecule has 0 spiro atoms. The van der Waals surface area contributed by atoms with Crippen LogP contribution in [0.15, 0.2) is 61.3 Å². The summed E-state index contributed by atoms with van der Waals surface area (Å²) in [4.78, 5) is 22.9. The highest BCUT2D eigenvalue weighted by molar-refractivity contribution is 5.95. The fraction of sp³-hybridized carbons (Fsp3) is 0.222. The smallest absolute Gasteiger partial charge is 0.254 e. The van der Waals surface area contributed by atoms with E-state index in [4.69, 9.17) is 0 Å². The van der Waals surface area contributed by atoms with E-state index in [1.54, 1.807) is 24.8 Å². The zero-order chi connectivity index (χ0) is 17.1. The summed E-state index contributed by atoms with van der Waals surface area (Å²) in [5, 5.41) is 7.44. The molecule has 1 aliphatic rings. The number of nitrogens with zero attached hydrogens (tertiary/aromatic N) is 5. The van der Waals surface area contributed by atoms with Crippen LogP contribution in [0.25, 0.3) is 0 Å². The molecular formula is C18H18N6O. The van der Waals surface area contributed by atoms with Crippen molar-refractivity contribution in [3.8, 4) is 0 Å². The molecule has 1 saturated heterocycles. The summed E-state index contributed by atoms with van der Waals surface area (Å²) in [6, 6.07) is 9.62. The van der Waals surface area contributed by atoms with Crippen LogP contribution in [0, 0.1) is 0 Å². The van der Waals surface area contributed by atoms with E-state index in [0.717, 1.165) is 18.7 Å². The molecule has 1 unspecified atom stereocenters. The van der Waals surface area contributed by atoms with Crippen molar-refractivity contribution in [3.05, 3.63) is 66.9 Å². The molecule has 0 aliphatic carbocycles. The Hall–Kier alpha value is -3.22. The molecule has 1 atom stereocenters. The fourth-order valence-corrected chi connectivity index (χ4v) is 3.06. The lowest BCUT2D eigenvalue weighted by Gasteiger charge is -2.17. The van der Waals surface area contributed by atoms with E-state index in [-0.39, 0.29) is 11.9 Å². The maximum atomic E-state index is 12.8. The molecule has 1 aromatic carbocycles. The second kappa shape index (κ2) is 6.72. The van der Waals surface area contributed by atoms with Crippen molar-refractivity contribution in [1.29, 1.82) is 0 Å². The molecule has 3 aromatic rings. The summed E-state index contributed by atoms with van der Waals surface area (Å²) in [5.41, 5.74) is 1.48. The highest BCUT2D eigenvalue weighted by Crippen LogP contribution is 2.23. The Morgan fingerprint density at radius 3 is 2.96 bits per heavy atom. The minimum Gasteiger partial charge on any atom is -0.339 e. The molecule has 0 bridgehead atoms. The van der Waals surface area contributed by atoms with E-state index in [0.29, 0.717) is 17.9 Å². The highest BCUT2D eigenvalue weighted by atomic mass is 16.2. The lowest BCUT2D eigenvalue weighted by Crippen LogP contribution is -2.29. The SMILES string of the molecule is O=C(c1cccc(Nc2cnccn2)c1)N1CCC(n2cccn2)C1. The Kier molecular flexibility index (Phi) is 4.12. The number of rotatable bonds is 4. The van der Waals surface area contributed by atoms with Gasteiger partial charge in [0, 0.05) is 49.1 Å². The summed E-state index contributed by atoms with van der Waals surface area (Å²) in [7, 11) is 0. The van der Waals surface area contributed by atoms with Crippen LogP contribution in [0.2, 0.25) is 0 Å². The van der Waals surface area contributed by atoms with E-state index in [2.05, 4.69) is 20.4 Å². The second-order valence-corrected chi connectivity index (χ2v) is 5.98. The van der Waals surface area contributed by atoms with Gasteiger partial charge < -0.3 is 10.2 Å². The Bertz CT molecular complexity index is 849. The predicted octanol–water partition coefficient (Wildman–Crippen LogP) is 2.50. The van der Waals surface area contributed by atoms with Crippen LogP contribution in [-0.2, 0) is 0 Å². The number of carbonyl (C=O) groups excluding carboxylic acids is 1. The summed E-state index contributed by atoms with van der Waals surface area (Å²) in [5.74, 6) is 0.685. The molecule has 0 radical (unpaired) electrons. The van der Waals surface area contributed by atoms with Gasteiger partial charge in [-0.2, -0.15) is 5.10 Å². The standard InChI is InChI=1S/C18H18N6O/c25-18(23-10-5-16(13-23)24-9-2-6-21-24)14-3-1-4-15(11-14)22-17-12-19-7-8-20-17/h1-4,6-9,11-12,16H,5,10,13H2,(H,20,22). The zero-order valence-electron chi connectivity index (χ0n) is 13.6. The largest absolute Gasteiger partial charge is 0.339 e. The average Bonchev–Trinajstić information content (AvgIpc) is 3.34. The molecular weight excluding hydrogens is 316 g/mol. The molecule has 0 saturated carbocycles. The number of nitrogens with one attached hydrogen (secondary N) is 1. The number of hydrogen-bond donors (Lipinski definition) is 1. The van der Waals surface area contributed by atoms with Crippen molar-refractivity contribution in [2.45, 2.75) is 12.5 Å². The fourth-order valence-electron chi connectivity index (χ4n) is 3.06. The van der Waals surface area contributed by atoms with Crippen LogP contribution in [0.1, 0.15) is 22.8 Å². The zero-order valence-corrected chi connectivity index (χ0v) is 13.6. The van der Waals surface area contributed by atoms with Gasteiger partial charge in [0.2, 0.25) is 0 Å². The Morgan fingerprint density at radius 2 is 2.16 bits per heavy atom. The molecule has 3 heterocycles. The van der Waals surface area contributed by atoms with Crippen molar-refractivity contribution in [1.82, 2.24) is 24.6 Å². The number of benzene rings is 1. The number of amides is 1. The van der Waals surface area contributed by atoms with Crippen LogP contribution in [-0.4, -0.2) is 43.6 Å². The molecule has 4 rings (SSSR count). The van der Waals surface area contributed by atoms with Crippen LogP contribution in [0.3, 0.4) is 0 Å². The summed E-state index contributed by atoms with van der Waals surface area (Å²) in [6.45, 7) is 1.42. The lowest BCUT2D eigenvalue weighted by atomic mass is 10.1. The van der Waals surface area contributed by atoms with Crippen LogP contribution in [0.5, 0.6) is 0 Å². The molecule has 1 N–H and O–H groups in total. The number of hydrogen-bond acceptors (Lipinski definition) is 5. The first kappa shape index (κ1) is 15.3. The molecule has 2 aromatic heterocycles. The van der Waals surface area contributed by atoms with Crippen molar-refractivity contribution >= 4 is 17.4 Å². The van der Waals surface area contributed by atoms with Crippen molar-refractivity contribution in [3.63, 3.8) is 0 Å². The van der Waals surface area contributed by atoms with Gasteiger partial charge >= 0.3 is 0 Å². The van der Waals surface area contributed by atoms with Crippen LogP contribution in [0.4, 0.5) is 11.5 Å². The maximum Gasteiger partial charge on any atom is 0.254 e. The first-order valence-electron chi connectivity index (χ1n) is 8.21. The van der Waals surface area contributed by atoms with Gasteiger partial charge in [-0.25, -0.2) is 4.98 Å². The van der Waals surface area contributed by atoms with Crippen molar-refractivity contribution in [2.75, 3.05) is 18.4 Å². The molecule has 7 nitrogen and oxygen atoms in total. The third-order valence-corrected chi connectivity index (χ3v) is 4.29. The van der Waals surface area contributed by atoms with Gasteiger partial charge in [0.1, 0.15) is 5.82 Å². The van der Waals surface area contributed by atoms with Crippen molar-refractivity contribution in [2.24, 2.45) is 0 Å². The Balaban J connectivity index is 1.46. The third-order valence-electron chi connectivity index (χ3n) is 4.29. The third kappa shape index (κ3) is 3.35. The quantitative estimate of drug-likeness (QED) is 0.793. The average molecular weight is 334 g/mol. The second-order valence-electron chi connectivity index (χ2n) is 5.98.